The Morgan fingerprint density at radius 2 is 2.00 bits per heavy atom. The van der Waals surface area contributed by atoms with E-state index in [0.717, 1.165) is 11.4 Å². The quantitative estimate of drug-likeness (QED) is 0.935. The molecule has 0 radical (unpaired) electrons. The fourth-order valence-electron chi connectivity index (χ4n) is 2.96. The molecule has 1 aromatic heterocycles. The van der Waals surface area contributed by atoms with Crippen molar-refractivity contribution in [2.24, 2.45) is 5.92 Å². The highest BCUT2D eigenvalue weighted by molar-refractivity contribution is 5.92. The lowest BCUT2D eigenvalue weighted by molar-refractivity contribution is -0.142. The average Bonchev–Trinajstić information content (AvgIpc) is 2.93. The lowest BCUT2D eigenvalue weighted by Crippen LogP contribution is -2.45. The number of hydrogen-bond acceptors (Lipinski definition) is 3. The average molecular weight is 328 g/mol. The van der Waals surface area contributed by atoms with Gasteiger partial charge in [0.05, 0.1) is 24.7 Å². The molecule has 3 rings (SSSR count). The van der Waals surface area contributed by atoms with Crippen molar-refractivity contribution in [3.05, 3.63) is 48.3 Å². The van der Waals surface area contributed by atoms with Crippen LogP contribution in [0.1, 0.15) is 12.6 Å². The van der Waals surface area contributed by atoms with E-state index < -0.39 is 11.9 Å². The molecule has 1 aromatic carbocycles. The van der Waals surface area contributed by atoms with Crippen molar-refractivity contribution >= 4 is 17.7 Å². The molecule has 0 aliphatic carbocycles. The Morgan fingerprint density at radius 1 is 1.25 bits per heavy atom. The highest BCUT2D eigenvalue weighted by Crippen LogP contribution is 2.21. The van der Waals surface area contributed by atoms with Crippen molar-refractivity contribution in [2.75, 3.05) is 18.0 Å². The molecular formula is C17H20N4O3. The van der Waals surface area contributed by atoms with Crippen molar-refractivity contribution in [1.29, 1.82) is 0 Å². The van der Waals surface area contributed by atoms with E-state index >= 15 is 0 Å². The van der Waals surface area contributed by atoms with Crippen LogP contribution < -0.4 is 4.90 Å². The second kappa shape index (κ2) is 6.74. The lowest BCUT2D eigenvalue weighted by atomic mass is 10.1. The van der Waals surface area contributed by atoms with Crippen LogP contribution in [0.25, 0.3) is 0 Å². The van der Waals surface area contributed by atoms with Gasteiger partial charge in [-0.15, -0.1) is 0 Å². The molecule has 1 atom stereocenters. The Bertz CT molecular complexity index is 728. The topological polar surface area (TPSA) is 78.7 Å². The molecule has 0 fully saturated rings. The summed E-state index contributed by atoms with van der Waals surface area (Å²) in [6.45, 7) is 3.21. The van der Waals surface area contributed by atoms with Crippen LogP contribution in [0, 0.1) is 5.92 Å². The molecule has 1 unspecified atom stereocenters. The number of amides is 2. The number of anilines is 1. The van der Waals surface area contributed by atoms with Gasteiger partial charge in [0.15, 0.2) is 0 Å². The number of carboxylic acid groups (broad SMARTS) is 1. The van der Waals surface area contributed by atoms with Gasteiger partial charge in [0.2, 0.25) is 0 Å². The molecule has 126 valence electrons. The van der Waals surface area contributed by atoms with E-state index in [1.54, 1.807) is 20.7 Å². The van der Waals surface area contributed by atoms with Gasteiger partial charge < -0.3 is 10.0 Å². The molecule has 1 aliphatic rings. The Kier molecular flexibility index (Phi) is 4.50. The van der Waals surface area contributed by atoms with E-state index in [0.29, 0.717) is 13.1 Å². The van der Waals surface area contributed by atoms with Gasteiger partial charge in [0.1, 0.15) is 0 Å². The summed E-state index contributed by atoms with van der Waals surface area (Å²) in [7, 11) is 0. The number of benzene rings is 1. The number of fused-ring (bicyclic) bond motifs is 1. The smallest absolute Gasteiger partial charge is 0.324 e. The summed E-state index contributed by atoms with van der Waals surface area (Å²) in [6.07, 6.45) is 1.64. The molecule has 0 saturated carbocycles. The summed E-state index contributed by atoms with van der Waals surface area (Å²) < 4.78 is 1.67. The van der Waals surface area contributed by atoms with Gasteiger partial charge in [-0.25, -0.2) is 4.79 Å². The zero-order valence-corrected chi connectivity index (χ0v) is 13.5. The fourth-order valence-corrected chi connectivity index (χ4v) is 2.96. The number of carboxylic acids is 1. The monoisotopic (exact) mass is 328 g/mol. The molecule has 2 amide bonds. The van der Waals surface area contributed by atoms with Gasteiger partial charge >= 0.3 is 12.0 Å². The van der Waals surface area contributed by atoms with Crippen molar-refractivity contribution in [3.63, 3.8) is 0 Å². The maximum atomic E-state index is 13.0. The summed E-state index contributed by atoms with van der Waals surface area (Å²) in [5.74, 6) is -1.59. The Labute approximate surface area is 140 Å². The molecular weight excluding hydrogens is 308 g/mol. The predicted octanol–water partition coefficient (Wildman–Crippen LogP) is 2.05. The molecule has 0 spiro atoms. The van der Waals surface area contributed by atoms with Crippen molar-refractivity contribution < 1.29 is 14.7 Å². The van der Waals surface area contributed by atoms with Gasteiger partial charge in [0, 0.05) is 25.0 Å². The zero-order chi connectivity index (χ0) is 17.1. The van der Waals surface area contributed by atoms with Crippen molar-refractivity contribution in [3.8, 4) is 0 Å². The van der Waals surface area contributed by atoms with E-state index in [9.17, 15) is 14.7 Å². The van der Waals surface area contributed by atoms with E-state index in [4.69, 9.17) is 0 Å². The first-order chi connectivity index (χ1) is 11.6. The van der Waals surface area contributed by atoms with E-state index in [1.807, 2.05) is 43.3 Å². The van der Waals surface area contributed by atoms with E-state index in [-0.39, 0.29) is 19.1 Å². The lowest BCUT2D eigenvalue weighted by Gasteiger charge is -2.30. The number of urea groups is 1. The maximum Gasteiger partial charge on any atom is 0.324 e. The third-order valence-corrected chi connectivity index (χ3v) is 4.23. The van der Waals surface area contributed by atoms with Gasteiger partial charge in [-0.2, -0.15) is 5.10 Å². The van der Waals surface area contributed by atoms with Crippen LogP contribution in [0.5, 0.6) is 0 Å². The molecule has 1 aliphatic heterocycles. The molecule has 2 aromatic rings. The summed E-state index contributed by atoms with van der Waals surface area (Å²) in [4.78, 5) is 27.8. The minimum absolute atomic E-state index is 0.168. The minimum Gasteiger partial charge on any atom is -0.481 e. The number of carbonyl (C=O) groups is 2. The SMILES string of the molecule is CCN(C(=O)N1Cc2ccnn2CC(C(=O)O)C1)c1ccccc1. The molecule has 24 heavy (non-hydrogen) atoms. The van der Waals surface area contributed by atoms with E-state index in [2.05, 4.69) is 5.10 Å². The number of aliphatic carboxylic acids is 1. The largest absolute Gasteiger partial charge is 0.481 e. The van der Waals surface area contributed by atoms with Crippen LogP contribution in [-0.2, 0) is 17.9 Å². The van der Waals surface area contributed by atoms with E-state index in [1.165, 1.54) is 0 Å². The van der Waals surface area contributed by atoms with Crippen molar-refractivity contribution in [1.82, 2.24) is 14.7 Å². The molecule has 0 bridgehead atoms. The van der Waals surface area contributed by atoms with Crippen LogP contribution in [0.15, 0.2) is 42.6 Å². The first kappa shape index (κ1) is 16.0. The highest BCUT2D eigenvalue weighted by atomic mass is 16.4. The first-order valence-corrected chi connectivity index (χ1v) is 7.95. The van der Waals surface area contributed by atoms with Gasteiger partial charge in [0.25, 0.3) is 0 Å². The summed E-state index contributed by atoms with van der Waals surface area (Å²) >= 11 is 0. The Morgan fingerprint density at radius 3 is 2.67 bits per heavy atom. The second-order valence-corrected chi connectivity index (χ2v) is 5.78. The molecule has 0 saturated heterocycles. The fraction of sp³-hybridized carbons (Fsp3) is 0.353. The number of para-hydroxylation sites is 1. The Balaban J connectivity index is 1.89. The third kappa shape index (κ3) is 3.10. The summed E-state index contributed by atoms with van der Waals surface area (Å²) in [5.41, 5.74) is 1.64. The van der Waals surface area contributed by atoms with Crippen LogP contribution >= 0.6 is 0 Å². The summed E-state index contributed by atoms with van der Waals surface area (Å²) in [5, 5.41) is 13.6. The number of aromatic nitrogens is 2. The van der Waals surface area contributed by atoms with Crippen LogP contribution in [0.2, 0.25) is 0 Å². The highest BCUT2D eigenvalue weighted by Gasteiger charge is 2.31. The minimum atomic E-state index is -0.918. The second-order valence-electron chi connectivity index (χ2n) is 5.78. The zero-order valence-electron chi connectivity index (χ0n) is 13.5. The Hall–Kier alpha value is -2.83. The third-order valence-electron chi connectivity index (χ3n) is 4.23. The maximum absolute atomic E-state index is 13.0. The predicted molar refractivity (Wildman–Crippen MR) is 88.6 cm³/mol. The first-order valence-electron chi connectivity index (χ1n) is 7.95. The number of rotatable bonds is 3. The standard InChI is InChI=1S/C17H20N4O3/c1-2-20(14-6-4-3-5-7-14)17(24)19-10-13(16(22)23)11-21-15(12-19)8-9-18-21/h3-9,13H,2,10-12H2,1H3,(H,22,23). The molecule has 2 heterocycles. The number of hydrogen-bond donors (Lipinski definition) is 1. The normalized spacial score (nSPS) is 17.0. The van der Waals surface area contributed by atoms with Gasteiger partial charge in [-0.1, -0.05) is 18.2 Å². The molecule has 7 heteroatoms. The number of carbonyl (C=O) groups excluding carboxylic acids is 1. The molecule has 7 nitrogen and oxygen atoms in total. The van der Waals surface area contributed by atoms with Crippen molar-refractivity contribution in [2.45, 2.75) is 20.0 Å². The van der Waals surface area contributed by atoms with Gasteiger partial charge in [-0.3, -0.25) is 14.4 Å². The molecule has 1 N–H and O–H groups in total. The van der Waals surface area contributed by atoms with Crippen LogP contribution in [0.4, 0.5) is 10.5 Å². The number of nitrogens with zero attached hydrogens (tertiary/aromatic N) is 4. The van der Waals surface area contributed by atoms with Crippen LogP contribution in [0.3, 0.4) is 0 Å². The van der Waals surface area contributed by atoms with Crippen LogP contribution in [-0.4, -0.2) is 44.9 Å². The summed E-state index contributed by atoms with van der Waals surface area (Å²) in [6, 6.07) is 11.0. The van der Waals surface area contributed by atoms with Gasteiger partial charge in [-0.05, 0) is 25.1 Å².